The largest absolute Gasteiger partial charge is 0.478 e. The van der Waals surface area contributed by atoms with Gasteiger partial charge in [-0.25, -0.2) is 14.8 Å². The topological polar surface area (TPSA) is 92.9 Å². The van der Waals surface area contributed by atoms with E-state index in [0.717, 1.165) is 11.4 Å². The standard InChI is InChI=1S/C11H13N5O2/c1-6-8(10(17)18)4-12-11(13-6)14-9-5-16(3)15-7(9)2/h4-5H,1-3H3,(H,17,18)(H,12,13,14). The van der Waals surface area contributed by atoms with Crippen LogP contribution in [0.25, 0.3) is 0 Å². The summed E-state index contributed by atoms with van der Waals surface area (Å²) in [5, 5.41) is 16.1. The van der Waals surface area contributed by atoms with Crippen LogP contribution in [0.2, 0.25) is 0 Å². The van der Waals surface area contributed by atoms with Gasteiger partial charge in [-0.3, -0.25) is 4.68 Å². The zero-order valence-corrected chi connectivity index (χ0v) is 10.3. The number of aromatic carboxylic acids is 1. The maximum absolute atomic E-state index is 10.8. The highest BCUT2D eigenvalue weighted by molar-refractivity contribution is 5.88. The summed E-state index contributed by atoms with van der Waals surface area (Å²) in [6.07, 6.45) is 3.10. The highest BCUT2D eigenvalue weighted by Crippen LogP contribution is 2.16. The van der Waals surface area contributed by atoms with Gasteiger partial charge >= 0.3 is 5.97 Å². The lowest BCUT2D eigenvalue weighted by atomic mass is 10.2. The minimum Gasteiger partial charge on any atom is -0.478 e. The van der Waals surface area contributed by atoms with Gasteiger partial charge < -0.3 is 10.4 Å². The Morgan fingerprint density at radius 3 is 2.61 bits per heavy atom. The van der Waals surface area contributed by atoms with Gasteiger partial charge in [0.05, 0.1) is 22.6 Å². The first kappa shape index (κ1) is 12.0. The molecule has 2 heterocycles. The molecule has 7 nitrogen and oxygen atoms in total. The predicted molar refractivity (Wildman–Crippen MR) is 65.0 cm³/mol. The van der Waals surface area contributed by atoms with Gasteiger partial charge in [-0.1, -0.05) is 0 Å². The summed E-state index contributed by atoms with van der Waals surface area (Å²) in [5.74, 6) is -0.676. The van der Waals surface area contributed by atoms with Crippen molar-refractivity contribution in [2.24, 2.45) is 7.05 Å². The van der Waals surface area contributed by atoms with E-state index in [2.05, 4.69) is 20.4 Å². The maximum atomic E-state index is 10.8. The zero-order valence-electron chi connectivity index (χ0n) is 10.3. The average Bonchev–Trinajstić information content (AvgIpc) is 2.57. The molecule has 0 bridgehead atoms. The number of carboxylic acids is 1. The molecule has 0 spiro atoms. The van der Waals surface area contributed by atoms with Crippen LogP contribution >= 0.6 is 0 Å². The molecule has 18 heavy (non-hydrogen) atoms. The summed E-state index contributed by atoms with van der Waals surface area (Å²) in [4.78, 5) is 18.9. The van der Waals surface area contributed by atoms with Crippen molar-refractivity contribution >= 4 is 17.6 Å². The summed E-state index contributed by atoms with van der Waals surface area (Å²) >= 11 is 0. The van der Waals surface area contributed by atoms with Crippen LogP contribution in [0, 0.1) is 13.8 Å². The molecule has 0 aliphatic carbocycles. The SMILES string of the molecule is Cc1nn(C)cc1Nc1ncc(C(=O)O)c(C)n1. The first-order valence-corrected chi connectivity index (χ1v) is 5.31. The minimum atomic E-state index is -1.03. The highest BCUT2D eigenvalue weighted by Gasteiger charge is 2.11. The smallest absolute Gasteiger partial charge is 0.339 e. The molecule has 0 unspecified atom stereocenters. The fraction of sp³-hybridized carbons (Fsp3) is 0.273. The normalized spacial score (nSPS) is 10.4. The molecule has 0 aliphatic rings. The van der Waals surface area contributed by atoms with E-state index in [1.54, 1.807) is 17.8 Å². The van der Waals surface area contributed by atoms with E-state index in [0.29, 0.717) is 11.6 Å². The molecular weight excluding hydrogens is 234 g/mol. The molecule has 0 saturated carbocycles. The van der Waals surface area contributed by atoms with Gasteiger partial charge in [0.25, 0.3) is 0 Å². The molecule has 94 valence electrons. The molecule has 0 aliphatic heterocycles. The van der Waals surface area contributed by atoms with Gasteiger partial charge in [0, 0.05) is 19.4 Å². The molecule has 0 radical (unpaired) electrons. The summed E-state index contributed by atoms with van der Waals surface area (Å²) in [6, 6.07) is 0. The second-order valence-electron chi connectivity index (χ2n) is 3.92. The van der Waals surface area contributed by atoms with Gasteiger partial charge in [-0.15, -0.1) is 0 Å². The third-order valence-electron chi connectivity index (χ3n) is 2.47. The lowest BCUT2D eigenvalue weighted by Crippen LogP contribution is -2.06. The van der Waals surface area contributed by atoms with Crippen LogP contribution < -0.4 is 5.32 Å². The van der Waals surface area contributed by atoms with Gasteiger partial charge in [-0.2, -0.15) is 5.10 Å². The summed E-state index contributed by atoms with van der Waals surface area (Å²) < 4.78 is 1.68. The van der Waals surface area contributed by atoms with E-state index in [1.165, 1.54) is 6.20 Å². The molecule has 7 heteroatoms. The number of nitrogens with one attached hydrogen (secondary N) is 1. The van der Waals surface area contributed by atoms with Crippen molar-refractivity contribution in [3.05, 3.63) is 29.3 Å². The van der Waals surface area contributed by atoms with Crippen molar-refractivity contribution in [3.63, 3.8) is 0 Å². The zero-order chi connectivity index (χ0) is 13.3. The van der Waals surface area contributed by atoms with E-state index in [4.69, 9.17) is 5.11 Å². The van der Waals surface area contributed by atoms with Gasteiger partial charge in [0.15, 0.2) is 0 Å². The molecule has 2 aromatic heterocycles. The Labute approximate surface area is 104 Å². The first-order valence-electron chi connectivity index (χ1n) is 5.31. The monoisotopic (exact) mass is 247 g/mol. The van der Waals surface area contributed by atoms with E-state index in [9.17, 15) is 4.79 Å². The van der Waals surface area contributed by atoms with Crippen LogP contribution in [0.1, 0.15) is 21.7 Å². The number of anilines is 2. The van der Waals surface area contributed by atoms with Crippen LogP contribution in [0.15, 0.2) is 12.4 Å². The fourth-order valence-corrected chi connectivity index (χ4v) is 1.58. The number of carboxylic acid groups (broad SMARTS) is 1. The summed E-state index contributed by atoms with van der Waals surface area (Å²) in [5.41, 5.74) is 2.13. The van der Waals surface area contributed by atoms with Crippen molar-refractivity contribution in [3.8, 4) is 0 Å². The van der Waals surface area contributed by atoms with Crippen molar-refractivity contribution in [2.75, 3.05) is 5.32 Å². The average molecular weight is 247 g/mol. The molecule has 2 aromatic rings. The number of hydrogen-bond donors (Lipinski definition) is 2. The van der Waals surface area contributed by atoms with Crippen molar-refractivity contribution in [2.45, 2.75) is 13.8 Å². The van der Waals surface area contributed by atoms with Gasteiger partial charge in [-0.05, 0) is 13.8 Å². The van der Waals surface area contributed by atoms with Gasteiger partial charge in [0.1, 0.15) is 0 Å². The maximum Gasteiger partial charge on any atom is 0.339 e. The number of aryl methyl sites for hydroxylation is 3. The highest BCUT2D eigenvalue weighted by atomic mass is 16.4. The Balaban J connectivity index is 2.28. The Morgan fingerprint density at radius 1 is 1.39 bits per heavy atom. The molecular formula is C11H13N5O2. The Morgan fingerprint density at radius 2 is 2.11 bits per heavy atom. The van der Waals surface area contributed by atoms with Crippen molar-refractivity contribution < 1.29 is 9.90 Å². The lowest BCUT2D eigenvalue weighted by Gasteiger charge is -2.05. The predicted octanol–water partition coefficient (Wildman–Crippen LogP) is 1.27. The van der Waals surface area contributed by atoms with Crippen molar-refractivity contribution in [1.29, 1.82) is 0 Å². The molecule has 0 saturated heterocycles. The van der Waals surface area contributed by atoms with Gasteiger partial charge in [0.2, 0.25) is 5.95 Å². The Hall–Kier alpha value is -2.44. The number of aromatic nitrogens is 4. The Bertz CT molecular complexity index is 605. The van der Waals surface area contributed by atoms with Crippen LogP contribution in [0.3, 0.4) is 0 Å². The molecule has 0 fully saturated rings. The molecule has 0 amide bonds. The third-order valence-corrected chi connectivity index (χ3v) is 2.47. The second kappa shape index (κ2) is 4.44. The quantitative estimate of drug-likeness (QED) is 0.848. The lowest BCUT2D eigenvalue weighted by molar-refractivity contribution is 0.0695. The molecule has 0 atom stereocenters. The number of carbonyl (C=O) groups is 1. The van der Waals surface area contributed by atoms with E-state index >= 15 is 0 Å². The number of nitrogens with zero attached hydrogens (tertiary/aromatic N) is 4. The van der Waals surface area contributed by atoms with Crippen molar-refractivity contribution in [1.82, 2.24) is 19.7 Å². The summed E-state index contributed by atoms with van der Waals surface area (Å²) in [6.45, 7) is 3.49. The number of hydrogen-bond acceptors (Lipinski definition) is 5. The van der Waals surface area contributed by atoms with E-state index in [-0.39, 0.29) is 5.56 Å². The van der Waals surface area contributed by atoms with Crippen LogP contribution in [0.4, 0.5) is 11.6 Å². The fourth-order valence-electron chi connectivity index (χ4n) is 1.58. The van der Waals surface area contributed by atoms with Crippen LogP contribution in [0.5, 0.6) is 0 Å². The third kappa shape index (κ3) is 2.29. The number of rotatable bonds is 3. The van der Waals surface area contributed by atoms with E-state index < -0.39 is 5.97 Å². The molecule has 0 aromatic carbocycles. The minimum absolute atomic E-state index is 0.100. The molecule has 2 rings (SSSR count). The van der Waals surface area contributed by atoms with E-state index in [1.807, 2.05) is 14.0 Å². The van der Waals surface area contributed by atoms with Crippen LogP contribution in [-0.2, 0) is 7.05 Å². The van der Waals surface area contributed by atoms with Crippen LogP contribution in [-0.4, -0.2) is 30.8 Å². The Kier molecular flexibility index (Phi) is 2.97. The molecule has 2 N–H and O–H groups in total. The second-order valence-corrected chi connectivity index (χ2v) is 3.92. The first-order chi connectivity index (χ1) is 8.47. The summed E-state index contributed by atoms with van der Waals surface area (Å²) in [7, 11) is 1.82.